The van der Waals surface area contributed by atoms with E-state index in [9.17, 15) is 4.79 Å². The number of carboxylic acids is 1. The second-order valence-corrected chi connectivity index (χ2v) is 3.67. The molecule has 0 spiro atoms. The first-order chi connectivity index (χ1) is 6.99. The third kappa shape index (κ3) is 3.63. The topological polar surface area (TPSA) is 66.3 Å². The molecule has 15 heavy (non-hydrogen) atoms. The Morgan fingerprint density at radius 2 is 2.13 bits per heavy atom. The van der Waals surface area contributed by atoms with Gasteiger partial charge in [0.25, 0.3) is 0 Å². The van der Waals surface area contributed by atoms with Crippen molar-refractivity contribution in [3.05, 3.63) is 23.3 Å². The number of aromatic nitrogens is 2. The molecule has 0 saturated carbocycles. The Kier molecular flexibility index (Phi) is 3.74. The lowest BCUT2D eigenvalue weighted by Gasteiger charge is -2.08. The molecule has 0 saturated heterocycles. The lowest BCUT2D eigenvalue weighted by Crippen LogP contribution is -2.17. The van der Waals surface area contributed by atoms with Crippen LogP contribution in [0.1, 0.15) is 22.0 Å². The molecule has 0 amide bonds. The van der Waals surface area contributed by atoms with Gasteiger partial charge in [0.15, 0.2) is 5.69 Å². The van der Waals surface area contributed by atoms with Crippen LogP contribution in [-0.2, 0) is 6.42 Å². The molecule has 0 unspecified atom stereocenters. The van der Waals surface area contributed by atoms with Crippen LogP contribution in [0, 0.1) is 6.92 Å². The van der Waals surface area contributed by atoms with E-state index in [0.29, 0.717) is 17.9 Å². The van der Waals surface area contributed by atoms with Crippen molar-refractivity contribution in [3.63, 3.8) is 0 Å². The van der Waals surface area contributed by atoms with E-state index in [1.807, 2.05) is 19.0 Å². The van der Waals surface area contributed by atoms with Crippen LogP contribution >= 0.6 is 0 Å². The number of aryl methyl sites for hydroxylation is 1. The summed E-state index contributed by atoms with van der Waals surface area (Å²) < 4.78 is 0. The molecule has 0 bridgehead atoms. The van der Waals surface area contributed by atoms with Crippen molar-refractivity contribution in [1.29, 1.82) is 0 Å². The third-order valence-electron chi connectivity index (χ3n) is 1.90. The smallest absolute Gasteiger partial charge is 0.354 e. The number of aromatic carboxylic acids is 1. The molecule has 1 heterocycles. The quantitative estimate of drug-likeness (QED) is 0.786. The summed E-state index contributed by atoms with van der Waals surface area (Å²) in [6, 6.07) is 1.47. The number of hydrogen-bond donors (Lipinski definition) is 1. The standard InChI is InChI=1S/C10H15N3O2/c1-7-6-8(10(14)15)12-9(11-7)4-5-13(2)3/h6H,4-5H2,1-3H3,(H,14,15). The normalized spacial score (nSPS) is 10.7. The molecule has 1 N–H and O–H groups in total. The molecule has 0 aliphatic rings. The molecule has 82 valence electrons. The lowest BCUT2D eigenvalue weighted by molar-refractivity contribution is 0.0689. The molecule has 0 aliphatic heterocycles. The maximum Gasteiger partial charge on any atom is 0.354 e. The van der Waals surface area contributed by atoms with Gasteiger partial charge in [0.2, 0.25) is 0 Å². The van der Waals surface area contributed by atoms with Gasteiger partial charge in [0.1, 0.15) is 5.82 Å². The number of carbonyl (C=O) groups is 1. The van der Waals surface area contributed by atoms with Crippen molar-refractivity contribution < 1.29 is 9.90 Å². The van der Waals surface area contributed by atoms with E-state index in [0.717, 1.165) is 6.54 Å². The minimum absolute atomic E-state index is 0.0660. The summed E-state index contributed by atoms with van der Waals surface area (Å²) in [5, 5.41) is 8.81. The van der Waals surface area contributed by atoms with E-state index in [1.54, 1.807) is 6.92 Å². The largest absolute Gasteiger partial charge is 0.477 e. The van der Waals surface area contributed by atoms with E-state index in [1.165, 1.54) is 6.07 Å². The summed E-state index contributed by atoms with van der Waals surface area (Å²) >= 11 is 0. The van der Waals surface area contributed by atoms with Gasteiger partial charge in [0.05, 0.1) is 0 Å². The van der Waals surface area contributed by atoms with Crippen molar-refractivity contribution in [3.8, 4) is 0 Å². The van der Waals surface area contributed by atoms with Gasteiger partial charge in [-0.2, -0.15) is 0 Å². The first-order valence-corrected chi connectivity index (χ1v) is 4.71. The lowest BCUT2D eigenvalue weighted by atomic mass is 10.3. The first-order valence-electron chi connectivity index (χ1n) is 4.71. The van der Waals surface area contributed by atoms with Crippen LogP contribution in [0.4, 0.5) is 0 Å². The van der Waals surface area contributed by atoms with Gasteiger partial charge < -0.3 is 10.0 Å². The monoisotopic (exact) mass is 209 g/mol. The molecular weight excluding hydrogens is 194 g/mol. The molecule has 1 aromatic heterocycles. The molecule has 5 heteroatoms. The van der Waals surface area contributed by atoms with Crippen LogP contribution in [0.25, 0.3) is 0 Å². The average molecular weight is 209 g/mol. The van der Waals surface area contributed by atoms with Crippen LogP contribution in [0.3, 0.4) is 0 Å². The van der Waals surface area contributed by atoms with E-state index in [2.05, 4.69) is 9.97 Å². The van der Waals surface area contributed by atoms with Crippen molar-refractivity contribution in [2.45, 2.75) is 13.3 Å². The first kappa shape index (κ1) is 11.6. The fourth-order valence-electron chi connectivity index (χ4n) is 1.17. The molecule has 1 rings (SSSR count). The van der Waals surface area contributed by atoms with Gasteiger partial charge in [-0.05, 0) is 27.1 Å². The Labute approximate surface area is 88.8 Å². The van der Waals surface area contributed by atoms with E-state index in [4.69, 9.17) is 5.11 Å². The summed E-state index contributed by atoms with van der Waals surface area (Å²) in [7, 11) is 3.90. The van der Waals surface area contributed by atoms with Gasteiger partial charge in [-0.15, -0.1) is 0 Å². The second kappa shape index (κ2) is 4.84. The van der Waals surface area contributed by atoms with Crippen LogP contribution in [0.5, 0.6) is 0 Å². The zero-order valence-corrected chi connectivity index (χ0v) is 9.19. The number of carboxylic acid groups (broad SMARTS) is 1. The van der Waals surface area contributed by atoms with Gasteiger partial charge in [-0.1, -0.05) is 0 Å². The van der Waals surface area contributed by atoms with E-state index in [-0.39, 0.29) is 5.69 Å². The Morgan fingerprint density at radius 3 is 2.67 bits per heavy atom. The van der Waals surface area contributed by atoms with Crippen LogP contribution in [0.15, 0.2) is 6.07 Å². The summed E-state index contributed by atoms with van der Waals surface area (Å²) in [5.74, 6) is -0.423. The predicted octanol–water partition coefficient (Wildman–Crippen LogP) is 0.587. The summed E-state index contributed by atoms with van der Waals surface area (Å²) in [5.41, 5.74) is 0.757. The predicted molar refractivity (Wildman–Crippen MR) is 56.0 cm³/mol. The van der Waals surface area contributed by atoms with Crippen LogP contribution in [-0.4, -0.2) is 46.6 Å². The highest BCUT2D eigenvalue weighted by Crippen LogP contribution is 2.01. The molecule has 0 radical (unpaired) electrons. The van der Waals surface area contributed by atoms with Gasteiger partial charge >= 0.3 is 5.97 Å². The Balaban J connectivity index is 2.84. The minimum atomic E-state index is -1.01. The zero-order valence-electron chi connectivity index (χ0n) is 9.19. The van der Waals surface area contributed by atoms with Crippen molar-refractivity contribution in [2.75, 3.05) is 20.6 Å². The van der Waals surface area contributed by atoms with Crippen molar-refractivity contribution >= 4 is 5.97 Å². The van der Waals surface area contributed by atoms with Crippen molar-refractivity contribution in [1.82, 2.24) is 14.9 Å². The van der Waals surface area contributed by atoms with Gasteiger partial charge in [0, 0.05) is 18.7 Å². The van der Waals surface area contributed by atoms with Gasteiger partial charge in [-0.3, -0.25) is 0 Å². The fourth-order valence-corrected chi connectivity index (χ4v) is 1.17. The molecule has 0 aromatic carbocycles. The van der Waals surface area contributed by atoms with E-state index < -0.39 is 5.97 Å². The highest BCUT2D eigenvalue weighted by Gasteiger charge is 2.08. The maximum atomic E-state index is 10.7. The number of nitrogens with zero attached hydrogens (tertiary/aromatic N) is 3. The molecule has 0 atom stereocenters. The summed E-state index contributed by atoms with van der Waals surface area (Å²) in [4.78, 5) is 20.9. The highest BCUT2D eigenvalue weighted by molar-refractivity contribution is 5.85. The highest BCUT2D eigenvalue weighted by atomic mass is 16.4. The second-order valence-electron chi connectivity index (χ2n) is 3.67. The summed E-state index contributed by atoms with van der Waals surface area (Å²) in [6.45, 7) is 2.58. The average Bonchev–Trinajstić information content (AvgIpc) is 2.13. The van der Waals surface area contributed by atoms with Gasteiger partial charge in [-0.25, -0.2) is 14.8 Å². The number of rotatable bonds is 4. The minimum Gasteiger partial charge on any atom is -0.477 e. The zero-order chi connectivity index (χ0) is 11.4. The Hall–Kier alpha value is -1.49. The summed E-state index contributed by atoms with van der Waals surface area (Å²) in [6.07, 6.45) is 0.662. The maximum absolute atomic E-state index is 10.7. The molecule has 1 aromatic rings. The molecule has 5 nitrogen and oxygen atoms in total. The molecule has 0 fully saturated rings. The Bertz CT molecular complexity index is 364. The van der Waals surface area contributed by atoms with Crippen molar-refractivity contribution in [2.24, 2.45) is 0 Å². The van der Waals surface area contributed by atoms with E-state index >= 15 is 0 Å². The Morgan fingerprint density at radius 1 is 1.47 bits per heavy atom. The third-order valence-corrected chi connectivity index (χ3v) is 1.90. The van der Waals surface area contributed by atoms with Crippen LogP contribution in [0.2, 0.25) is 0 Å². The molecular formula is C10H15N3O2. The molecule has 0 aliphatic carbocycles. The fraction of sp³-hybridized carbons (Fsp3) is 0.500. The number of hydrogen-bond acceptors (Lipinski definition) is 4. The number of likely N-dealkylation sites (N-methyl/N-ethyl adjacent to an activating group) is 1. The SMILES string of the molecule is Cc1cc(C(=O)O)nc(CCN(C)C)n1. The van der Waals surface area contributed by atoms with Crippen LogP contribution < -0.4 is 0 Å².